The number of halogens is 2. The molecule has 0 aliphatic carbocycles. The van der Waals surface area contributed by atoms with Crippen molar-refractivity contribution in [3.63, 3.8) is 0 Å². The molecule has 0 radical (unpaired) electrons. The molecule has 1 fully saturated rings. The fourth-order valence-corrected chi connectivity index (χ4v) is 2.48. The zero-order valence-corrected chi connectivity index (χ0v) is 11.2. The molecule has 4 nitrogen and oxygen atoms in total. The molecule has 1 aliphatic heterocycles. The van der Waals surface area contributed by atoms with E-state index in [1.165, 1.54) is 18.1 Å². The standard InChI is InChI=1S/C14H17F2NO3/c1-20-10-5-9(8-18)17(7-10)14(19)6-11-12(15)3-2-4-13(11)16/h2-4,9-10,18H,5-8H2,1H3/t9-,10-/m0/s1. The van der Waals surface area contributed by atoms with Crippen LogP contribution in [0.3, 0.4) is 0 Å². The Hall–Kier alpha value is -1.53. The number of likely N-dealkylation sites (tertiary alicyclic amines) is 1. The summed E-state index contributed by atoms with van der Waals surface area (Å²) in [5, 5.41) is 9.28. The van der Waals surface area contributed by atoms with Crippen molar-refractivity contribution in [2.45, 2.75) is 25.0 Å². The van der Waals surface area contributed by atoms with Gasteiger partial charge in [-0.3, -0.25) is 4.79 Å². The molecule has 1 N–H and O–H groups in total. The predicted molar refractivity (Wildman–Crippen MR) is 68.1 cm³/mol. The van der Waals surface area contributed by atoms with Crippen LogP contribution in [0.1, 0.15) is 12.0 Å². The highest BCUT2D eigenvalue weighted by molar-refractivity contribution is 5.79. The molecule has 0 spiro atoms. The van der Waals surface area contributed by atoms with E-state index in [0.717, 1.165) is 12.1 Å². The van der Waals surface area contributed by atoms with E-state index in [2.05, 4.69) is 0 Å². The van der Waals surface area contributed by atoms with Gasteiger partial charge in [-0.15, -0.1) is 0 Å². The lowest BCUT2D eigenvalue weighted by molar-refractivity contribution is -0.132. The molecule has 2 rings (SSSR count). The number of amides is 1. The Morgan fingerprint density at radius 3 is 2.65 bits per heavy atom. The molecule has 2 atom stereocenters. The third-order valence-corrected chi connectivity index (χ3v) is 3.63. The van der Waals surface area contributed by atoms with Gasteiger partial charge in [-0.05, 0) is 18.6 Å². The number of methoxy groups -OCH3 is 1. The summed E-state index contributed by atoms with van der Waals surface area (Å²) in [5.74, 6) is -1.88. The first-order valence-corrected chi connectivity index (χ1v) is 6.42. The third kappa shape index (κ3) is 2.96. The summed E-state index contributed by atoms with van der Waals surface area (Å²) < 4.78 is 32.2. The first kappa shape index (κ1) is 14.9. The molecule has 0 saturated carbocycles. The third-order valence-electron chi connectivity index (χ3n) is 3.63. The van der Waals surface area contributed by atoms with Crippen molar-refractivity contribution in [2.24, 2.45) is 0 Å². The van der Waals surface area contributed by atoms with Crippen molar-refractivity contribution >= 4 is 5.91 Å². The quantitative estimate of drug-likeness (QED) is 0.902. The van der Waals surface area contributed by atoms with Crippen molar-refractivity contribution in [3.8, 4) is 0 Å². The zero-order chi connectivity index (χ0) is 14.7. The topological polar surface area (TPSA) is 49.8 Å². The number of ether oxygens (including phenoxy) is 1. The molecular formula is C14H17F2NO3. The number of carbonyl (C=O) groups is 1. The smallest absolute Gasteiger partial charge is 0.227 e. The van der Waals surface area contributed by atoms with Crippen molar-refractivity contribution in [3.05, 3.63) is 35.4 Å². The molecule has 0 aromatic heterocycles. The van der Waals surface area contributed by atoms with E-state index in [4.69, 9.17) is 4.74 Å². The van der Waals surface area contributed by atoms with Gasteiger partial charge in [-0.2, -0.15) is 0 Å². The fraction of sp³-hybridized carbons (Fsp3) is 0.500. The first-order chi connectivity index (χ1) is 9.56. The van der Waals surface area contributed by atoms with E-state index in [-0.39, 0.29) is 30.7 Å². The van der Waals surface area contributed by atoms with Crippen LogP contribution >= 0.6 is 0 Å². The van der Waals surface area contributed by atoms with Crippen molar-refractivity contribution in [1.29, 1.82) is 0 Å². The average molecular weight is 285 g/mol. The highest BCUT2D eigenvalue weighted by atomic mass is 19.1. The number of benzene rings is 1. The summed E-state index contributed by atoms with van der Waals surface area (Å²) >= 11 is 0. The van der Waals surface area contributed by atoms with Crippen LogP contribution in [0.5, 0.6) is 0 Å². The van der Waals surface area contributed by atoms with Crippen molar-refractivity contribution in [2.75, 3.05) is 20.3 Å². The molecule has 110 valence electrons. The number of aliphatic hydroxyl groups is 1. The van der Waals surface area contributed by atoms with Crippen LogP contribution in [0.15, 0.2) is 18.2 Å². The number of rotatable bonds is 4. The van der Waals surface area contributed by atoms with Crippen LogP contribution < -0.4 is 0 Å². The van der Waals surface area contributed by atoms with E-state index in [1.807, 2.05) is 0 Å². The minimum atomic E-state index is -0.735. The van der Waals surface area contributed by atoms with Gasteiger partial charge in [-0.25, -0.2) is 8.78 Å². The minimum Gasteiger partial charge on any atom is -0.394 e. The maximum absolute atomic E-state index is 13.5. The van der Waals surface area contributed by atoms with Gasteiger partial charge in [0.1, 0.15) is 11.6 Å². The largest absolute Gasteiger partial charge is 0.394 e. The molecule has 1 aromatic rings. The lowest BCUT2D eigenvalue weighted by atomic mass is 10.1. The second kappa shape index (κ2) is 6.28. The van der Waals surface area contributed by atoms with Crippen molar-refractivity contribution in [1.82, 2.24) is 4.90 Å². The lowest BCUT2D eigenvalue weighted by Crippen LogP contribution is -2.39. The molecule has 1 heterocycles. The zero-order valence-electron chi connectivity index (χ0n) is 11.2. The second-order valence-electron chi connectivity index (χ2n) is 4.85. The number of hydrogen-bond acceptors (Lipinski definition) is 3. The Labute approximate surface area is 116 Å². The first-order valence-electron chi connectivity index (χ1n) is 6.42. The van der Waals surface area contributed by atoms with E-state index < -0.39 is 17.5 Å². The Morgan fingerprint density at radius 1 is 1.45 bits per heavy atom. The van der Waals surface area contributed by atoms with Gasteiger partial charge in [0.2, 0.25) is 5.91 Å². The molecule has 0 unspecified atom stereocenters. The Balaban J connectivity index is 2.12. The van der Waals surface area contributed by atoms with E-state index in [1.54, 1.807) is 0 Å². The van der Waals surface area contributed by atoms with Gasteiger partial charge in [0.05, 0.1) is 25.2 Å². The molecular weight excluding hydrogens is 268 g/mol. The summed E-state index contributed by atoms with van der Waals surface area (Å²) in [6, 6.07) is 3.14. The van der Waals surface area contributed by atoms with E-state index in [9.17, 15) is 18.7 Å². The summed E-state index contributed by atoms with van der Waals surface area (Å²) in [4.78, 5) is 13.6. The van der Waals surface area contributed by atoms with Gasteiger partial charge < -0.3 is 14.7 Å². The summed E-state index contributed by atoms with van der Waals surface area (Å²) in [6.45, 7) is 0.141. The van der Waals surface area contributed by atoms with Gasteiger partial charge >= 0.3 is 0 Å². The number of carbonyl (C=O) groups excluding carboxylic acids is 1. The Kier molecular flexibility index (Phi) is 4.67. The van der Waals surface area contributed by atoms with E-state index in [0.29, 0.717) is 13.0 Å². The predicted octanol–water partition coefficient (Wildman–Crippen LogP) is 1.12. The minimum absolute atomic E-state index is 0.151. The molecule has 20 heavy (non-hydrogen) atoms. The Morgan fingerprint density at radius 2 is 2.10 bits per heavy atom. The fourth-order valence-electron chi connectivity index (χ4n) is 2.48. The molecule has 1 amide bonds. The summed E-state index contributed by atoms with van der Waals surface area (Å²) in [6.07, 6.45) is 0.0192. The van der Waals surface area contributed by atoms with Crippen LogP contribution in [-0.4, -0.2) is 48.3 Å². The maximum atomic E-state index is 13.5. The number of nitrogens with zero attached hydrogens (tertiary/aromatic N) is 1. The molecule has 1 saturated heterocycles. The molecule has 6 heteroatoms. The molecule has 0 bridgehead atoms. The lowest BCUT2D eigenvalue weighted by Gasteiger charge is -2.23. The normalized spacial score (nSPS) is 22.3. The van der Waals surface area contributed by atoms with Gasteiger partial charge in [0.25, 0.3) is 0 Å². The average Bonchev–Trinajstić information content (AvgIpc) is 2.86. The van der Waals surface area contributed by atoms with Crippen LogP contribution in [-0.2, 0) is 16.0 Å². The summed E-state index contributed by atoms with van der Waals surface area (Å²) in [5.41, 5.74) is -0.241. The number of hydrogen-bond donors (Lipinski definition) is 1. The highest BCUT2D eigenvalue weighted by Gasteiger charge is 2.35. The number of aliphatic hydroxyl groups excluding tert-OH is 1. The monoisotopic (exact) mass is 285 g/mol. The van der Waals surface area contributed by atoms with Gasteiger partial charge in [0, 0.05) is 19.2 Å². The maximum Gasteiger partial charge on any atom is 0.227 e. The SMILES string of the molecule is CO[C@H]1C[C@@H](CO)N(C(=O)Cc2c(F)cccc2F)C1. The van der Waals surface area contributed by atoms with Crippen LogP contribution in [0.25, 0.3) is 0 Å². The molecule has 1 aliphatic rings. The second-order valence-corrected chi connectivity index (χ2v) is 4.85. The highest BCUT2D eigenvalue weighted by Crippen LogP contribution is 2.22. The van der Waals surface area contributed by atoms with Crippen molar-refractivity contribution < 1.29 is 23.4 Å². The van der Waals surface area contributed by atoms with Crippen LogP contribution in [0.4, 0.5) is 8.78 Å². The molecule has 1 aromatic carbocycles. The Bertz CT molecular complexity index is 475. The van der Waals surface area contributed by atoms with Gasteiger partial charge in [0.15, 0.2) is 0 Å². The van der Waals surface area contributed by atoms with E-state index >= 15 is 0 Å². The van der Waals surface area contributed by atoms with Crippen LogP contribution in [0, 0.1) is 11.6 Å². The van der Waals surface area contributed by atoms with Crippen LogP contribution in [0.2, 0.25) is 0 Å². The van der Waals surface area contributed by atoms with Gasteiger partial charge in [-0.1, -0.05) is 6.07 Å². The summed E-state index contributed by atoms with van der Waals surface area (Å²) in [7, 11) is 1.53.